The molecular weight excluding hydrogens is 230 g/mol. The summed E-state index contributed by atoms with van der Waals surface area (Å²) in [5.41, 5.74) is 8.21. The van der Waals surface area contributed by atoms with Crippen LogP contribution in [-0.2, 0) is 0 Å². The van der Waals surface area contributed by atoms with Crippen LogP contribution in [0.15, 0.2) is 34.9 Å². The van der Waals surface area contributed by atoms with E-state index in [-0.39, 0.29) is 6.04 Å². The molecule has 4 heteroatoms. The maximum atomic E-state index is 6.20. The SMILES string of the molecule is Cc1ccoc1C(N)c1ccc2c(c1)OCCO2. The van der Waals surface area contributed by atoms with Crippen LogP contribution in [0, 0.1) is 6.92 Å². The monoisotopic (exact) mass is 245 g/mol. The van der Waals surface area contributed by atoms with Crippen LogP contribution in [-0.4, -0.2) is 13.2 Å². The zero-order chi connectivity index (χ0) is 12.5. The molecule has 0 amide bonds. The minimum Gasteiger partial charge on any atom is -0.486 e. The Morgan fingerprint density at radius 2 is 1.89 bits per heavy atom. The second-order valence-corrected chi connectivity index (χ2v) is 4.35. The summed E-state index contributed by atoms with van der Waals surface area (Å²) in [6.07, 6.45) is 1.66. The van der Waals surface area contributed by atoms with E-state index in [0.717, 1.165) is 28.4 Å². The number of benzene rings is 1. The third-order valence-corrected chi connectivity index (χ3v) is 3.11. The average molecular weight is 245 g/mol. The summed E-state index contributed by atoms with van der Waals surface area (Å²) in [7, 11) is 0. The molecule has 4 nitrogen and oxygen atoms in total. The fraction of sp³-hybridized carbons (Fsp3) is 0.286. The Bertz CT molecular complexity index is 562. The Kier molecular flexibility index (Phi) is 2.72. The molecule has 1 aromatic carbocycles. The van der Waals surface area contributed by atoms with Crippen molar-refractivity contribution < 1.29 is 13.9 Å². The molecule has 1 aliphatic rings. The number of rotatable bonds is 2. The number of fused-ring (bicyclic) bond motifs is 1. The van der Waals surface area contributed by atoms with Crippen LogP contribution < -0.4 is 15.2 Å². The van der Waals surface area contributed by atoms with Crippen molar-refractivity contribution in [1.29, 1.82) is 0 Å². The number of hydrogen-bond acceptors (Lipinski definition) is 4. The first-order valence-electron chi connectivity index (χ1n) is 5.95. The number of nitrogens with two attached hydrogens (primary N) is 1. The van der Waals surface area contributed by atoms with Crippen molar-refractivity contribution in [1.82, 2.24) is 0 Å². The van der Waals surface area contributed by atoms with Crippen molar-refractivity contribution >= 4 is 0 Å². The maximum Gasteiger partial charge on any atom is 0.161 e. The van der Waals surface area contributed by atoms with Crippen molar-refractivity contribution in [3.8, 4) is 11.5 Å². The highest BCUT2D eigenvalue weighted by atomic mass is 16.6. The fourth-order valence-electron chi connectivity index (χ4n) is 2.11. The van der Waals surface area contributed by atoms with Gasteiger partial charge in [-0.1, -0.05) is 6.07 Å². The van der Waals surface area contributed by atoms with Gasteiger partial charge in [-0.3, -0.25) is 0 Å². The van der Waals surface area contributed by atoms with E-state index in [2.05, 4.69) is 0 Å². The third-order valence-electron chi connectivity index (χ3n) is 3.11. The normalized spacial score (nSPS) is 15.4. The molecule has 0 spiro atoms. The highest BCUT2D eigenvalue weighted by molar-refractivity contribution is 5.46. The summed E-state index contributed by atoms with van der Waals surface area (Å²) >= 11 is 0. The quantitative estimate of drug-likeness (QED) is 0.882. The van der Waals surface area contributed by atoms with Crippen LogP contribution in [0.3, 0.4) is 0 Å². The minimum atomic E-state index is -0.282. The average Bonchev–Trinajstić information content (AvgIpc) is 2.83. The molecule has 1 aliphatic heterocycles. The van der Waals surface area contributed by atoms with Gasteiger partial charge in [-0.15, -0.1) is 0 Å². The smallest absolute Gasteiger partial charge is 0.161 e. The van der Waals surface area contributed by atoms with Crippen LogP contribution in [0.25, 0.3) is 0 Å². The molecule has 1 aromatic heterocycles. The van der Waals surface area contributed by atoms with Gasteiger partial charge in [0, 0.05) is 0 Å². The highest BCUT2D eigenvalue weighted by Crippen LogP contribution is 2.34. The Morgan fingerprint density at radius 3 is 2.61 bits per heavy atom. The van der Waals surface area contributed by atoms with Crippen LogP contribution in [0.5, 0.6) is 11.5 Å². The number of hydrogen-bond donors (Lipinski definition) is 1. The van der Waals surface area contributed by atoms with E-state index in [0.29, 0.717) is 13.2 Å². The van der Waals surface area contributed by atoms with Gasteiger partial charge in [-0.25, -0.2) is 0 Å². The van der Waals surface area contributed by atoms with Gasteiger partial charge in [0.1, 0.15) is 19.0 Å². The molecule has 0 bridgehead atoms. The highest BCUT2D eigenvalue weighted by Gasteiger charge is 2.18. The van der Waals surface area contributed by atoms with E-state index in [9.17, 15) is 0 Å². The first kappa shape index (κ1) is 11.2. The lowest BCUT2D eigenvalue weighted by molar-refractivity contribution is 0.171. The number of aryl methyl sites for hydroxylation is 1. The molecule has 0 fully saturated rings. The molecule has 2 heterocycles. The molecule has 0 saturated heterocycles. The molecule has 18 heavy (non-hydrogen) atoms. The van der Waals surface area contributed by atoms with Gasteiger partial charge >= 0.3 is 0 Å². The second-order valence-electron chi connectivity index (χ2n) is 4.35. The van der Waals surface area contributed by atoms with E-state index in [1.54, 1.807) is 6.26 Å². The molecular formula is C14H15NO3. The van der Waals surface area contributed by atoms with Gasteiger partial charge in [-0.2, -0.15) is 0 Å². The second kappa shape index (κ2) is 4.38. The van der Waals surface area contributed by atoms with Crippen LogP contribution in [0.1, 0.15) is 22.9 Å². The Hall–Kier alpha value is -1.94. The lowest BCUT2D eigenvalue weighted by atomic mass is 10.0. The molecule has 0 aliphatic carbocycles. The molecule has 3 rings (SSSR count). The summed E-state index contributed by atoms with van der Waals surface area (Å²) in [5, 5.41) is 0. The van der Waals surface area contributed by atoms with Gasteiger partial charge in [0.2, 0.25) is 0 Å². The lowest BCUT2D eigenvalue weighted by Crippen LogP contribution is -2.17. The summed E-state index contributed by atoms with van der Waals surface area (Å²) in [5.74, 6) is 2.30. The maximum absolute atomic E-state index is 6.20. The predicted octanol–water partition coefficient (Wildman–Crippen LogP) is 2.41. The van der Waals surface area contributed by atoms with Crippen molar-refractivity contribution in [3.05, 3.63) is 47.4 Å². The van der Waals surface area contributed by atoms with E-state index in [1.807, 2.05) is 31.2 Å². The molecule has 94 valence electrons. The minimum absolute atomic E-state index is 0.282. The number of ether oxygens (including phenoxy) is 2. The van der Waals surface area contributed by atoms with Crippen LogP contribution in [0.2, 0.25) is 0 Å². The van der Waals surface area contributed by atoms with E-state index in [4.69, 9.17) is 19.6 Å². The first-order chi connectivity index (χ1) is 8.75. The number of furan rings is 1. The fourth-order valence-corrected chi connectivity index (χ4v) is 2.11. The molecule has 0 saturated carbocycles. The standard InChI is InChI=1S/C14H15NO3/c1-9-4-5-18-14(9)13(15)10-2-3-11-12(8-10)17-7-6-16-11/h2-5,8,13H,6-7,15H2,1H3. The molecule has 0 radical (unpaired) electrons. The van der Waals surface area contributed by atoms with Gasteiger partial charge in [0.05, 0.1) is 12.3 Å². The summed E-state index contributed by atoms with van der Waals surface area (Å²) in [6, 6.07) is 7.38. The zero-order valence-corrected chi connectivity index (χ0v) is 10.2. The largest absolute Gasteiger partial charge is 0.486 e. The van der Waals surface area contributed by atoms with Crippen molar-refractivity contribution in [2.45, 2.75) is 13.0 Å². The zero-order valence-electron chi connectivity index (χ0n) is 10.2. The summed E-state index contributed by atoms with van der Waals surface area (Å²) in [6.45, 7) is 3.15. The van der Waals surface area contributed by atoms with E-state index in [1.165, 1.54) is 0 Å². The summed E-state index contributed by atoms with van der Waals surface area (Å²) in [4.78, 5) is 0. The van der Waals surface area contributed by atoms with Gasteiger partial charge in [-0.05, 0) is 36.2 Å². The van der Waals surface area contributed by atoms with Crippen molar-refractivity contribution in [3.63, 3.8) is 0 Å². The Labute approximate surface area is 105 Å². The molecule has 1 atom stereocenters. The Balaban J connectivity index is 1.95. The predicted molar refractivity (Wildman–Crippen MR) is 66.9 cm³/mol. The third kappa shape index (κ3) is 1.84. The van der Waals surface area contributed by atoms with Crippen molar-refractivity contribution in [2.24, 2.45) is 5.73 Å². The van der Waals surface area contributed by atoms with Crippen molar-refractivity contribution in [2.75, 3.05) is 13.2 Å². The molecule has 2 N–H and O–H groups in total. The summed E-state index contributed by atoms with van der Waals surface area (Å²) < 4.78 is 16.5. The Morgan fingerprint density at radius 1 is 1.11 bits per heavy atom. The topological polar surface area (TPSA) is 57.6 Å². The lowest BCUT2D eigenvalue weighted by Gasteiger charge is -2.20. The molecule has 1 unspecified atom stereocenters. The first-order valence-corrected chi connectivity index (χ1v) is 5.95. The van der Waals surface area contributed by atoms with Gasteiger partial charge < -0.3 is 19.6 Å². The van der Waals surface area contributed by atoms with E-state index < -0.39 is 0 Å². The van der Waals surface area contributed by atoms with E-state index >= 15 is 0 Å². The van der Waals surface area contributed by atoms with Crippen LogP contribution in [0.4, 0.5) is 0 Å². The van der Waals surface area contributed by atoms with Crippen LogP contribution >= 0.6 is 0 Å². The van der Waals surface area contributed by atoms with Gasteiger partial charge in [0.25, 0.3) is 0 Å². The van der Waals surface area contributed by atoms with Gasteiger partial charge in [0.15, 0.2) is 11.5 Å². The molecule has 2 aromatic rings.